The number of benzene rings is 2. The standard InChI is InChI=1S/2C6H5.C5H9.Bi/c2*1-2-4-6-5-3-1;1-2-4-5-3-1;/h2*1-5H;1H,2-5H2;. The first-order valence-corrected chi connectivity index (χ1v) is 12.3. The molecule has 1 saturated carbocycles. The van der Waals surface area contributed by atoms with Gasteiger partial charge in [-0.05, 0) is 0 Å². The van der Waals surface area contributed by atoms with Crippen molar-refractivity contribution in [2.45, 2.75) is 29.3 Å². The van der Waals surface area contributed by atoms with Crippen molar-refractivity contribution >= 4 is 28.3 Å². The van der Waals surface area contributed by atoms with E-state index in [1.807, 2.05) is 0 Å². The SMILES string of the molecule is c1cc[c]([Bi]([c]2ccccc2)[CH]2CCCC2)cc1. The van der Waals surface area contributed by atoms with E-state index >= 15 is 0 Å². The number of rotatable bonds is 3. The Kier molecular flexibility index (Phi) is 4.10. The van der Waals surface area contributed by atoms with Crippen LogP contribution in [0.25, 0.3) is 0 Å². The van der Waals surface area contributed by atoms with E-state index in [2.05, 4.69) is 60.7 Å². The van der Waals surface area contributed by atoms with Gasteiger partial charge in [0.2, 0.25) is 0 Å². The predicted molar refractivity (Wildman–Crippen MR) is 80.1 cm³/mol. The molecule has 18 heavy (non-hydrogen) atoms. The molecule has 1 aliphatic rings. The van der Waals surface area contributed by atoms with E-state index in [0.717, 1.165) is 3.63 Å². The summed E-state index contributed by atoms with van der Waals surface area (Å²) in [5, 5.41) is 0. The molecule has 2 aromatic carbocycles. The van der Waals surface area contributed by atoms with Crippen LogP contribution in [0.3, 0.4) is 0 Å². The summed E-state index contributed by atoms with van der Waals surface area (Å²) in [5.74, 6) is 0. The third-order valence-corrected chi connectivity index (χ3v) is 15.2. The van der Waals surface area contributed by atoms with Crippen molar-refractivity contribution in [3.63, 3.8) is 0 Å². The van der Waals surface area contributed by atoms with Crippen LogP contribution in [0, 0.1) is 0 Å². The van der Waals surface area contributed by atoms with Gasteiger partial charge in [-0.2, -0.15) is 0 Å². The summed E-state index contributed by atoms with van der Waals surface area (Å²) in [6.45, 7) is 0. The first kappa shape index (κ1) is 12.4. The fourth-order valence-electron chi connectivity index (χ4n) is 2.91. The van der Waals surface area contributed by atoms with Crippen LogP contribution in [0.4, 0.5) is 0 Å². The molecule has 0 spiro atoms. The minimum absolute atomic E-state index is 1.03. The van der Waals surface area contributed by atoms with Crippen LogP contribution >= 0.6 is 0 Å². The Hall–Kier alpha value is -0.677. The van der Waals surface area contributed by atoms with Crippen LogP contribution < -0.4 is 6.54 Å². The molecule has 0 aromatic heterocycles. The van der Waals surface area contributed by atoms with Gasteiger partial charge in [-0.1, -0.05) is 0 Å². The van der Waals surface area contributed by atoms with E-state index in [9.17, 15) is 0 Å². The summed E-state index contributed by atoms with van der Waals surface area (Å²) < 4.78 is 4.40. The molecule has 0 bridgehead atoms. The Labute approximate surface area is 118 Å². The zero-order chi connectivity index (χ0) is 12.2. The van der Waals surface area contributed by atoms with Gasteiger partial charge in [0.05, 0.1) is 0 Å². The normalized spacial score (nSPS) is 16.3. The van der Waals surface area contributed by atoms with E-state index in [1.54, 1.807) is 6.54 Å². The molecule has 0 unspecified atom stereocenters. The molecule has 1 heteroatoms. The molecule has 92 valence electrons. The van der Waals surface area contributed by atoms with Gasteiger partial charge in [0, 0.05) is 0 Å². The molecule has 0 amide bonds. The topological polar surface area (TPSA) is 0 Å². The van der Waals surface area contributed by atoms with Crippen molar-refractivity contribution in [2.75, 3.05) is 0 Å². The van der Waals surface area contributed by atoms with E-state index in [1.165, 1.54) is 25.7 Å². The second kappa shape index (κ2) is 5.98. The van der Waals surface area contributed by atoms with Crippen LogP contribution in [-0.4, -0.2) is 21.8 Å². The Bertz CT molecular complexity index is 432. The van der Waals surface area contributed by atoms with Gasteiger partial charge in [-0.25, -0.2) is 0 Å². The van der Waals surface area contributed by atoms with Gasteiger partial charge in [-0.15, -0.1) is 0 Å². The van der Waals surface area contributed by atoms with Crippen molar-refractivity contribution in [3.8, 4) is 0 Å². The Balaban J connectivity index is 1.98. The van der Waals surface area contributed by atoms with Gasteiger partial charge in [0.1, 0.15) is 0 Å². The molecule has 0 heterocycles. The van der Waals surface area contributed by atoms with Gasteiger partial charge in [-0.3, -0.25) is 0 Å². The van der Waals surface area contributed by atoms with Gasteiger partial charge >= 0.3 is 118 Å². The molecule has 0 aliphatic heterocycles. The monoisotopic (exact) mass is 432 g/mol. The first-order chi connectivity index (χ1) is 8.95. The van der Waals surface area contributed by atoms with Crippen molar-refractivity contribution in [3.05, 3.63) is 60.7 Å². The molecule has 0 atom stereocenters. The average molecular weight is 432 g/mol. The molecule has 0 radical (unpaired) electrons. The van der Waals surface area contributed by atoms with E-state index < -0.39 is 21.8 Å². The quantitative estimate of drug-likeness (QED) is 0.654. The molecule has 2 aromatic rings. The molecule has 0 saturated heterocycles. The average Bonchev–Trinajstić information content (AvgIpc) is 2.95. The summed E-state index contributed by atoms with van der Waals surface area (Å²) in [6.07, 6.45) is 5.86. The fraction of sp³-hybridized carbons (Fsp3) is 0.294. The van der Waals surface area contributed by atoms with Crippen molar-refractivity contribution in [1.82, 2.24) is 0 Å². The summed E-state index contributed by atoms with van der Waals surface area (Å²) in [6, 6.07) is 22.7. The van der Waals surface area contributed by atoms with Crippen LogP contribution in [0.5, 0.6) is 0 Å². The van der Waals surface area contributed by atoms with Crippen LogP contribution in [0.1, 0.15) is 25.7 Å². The van der Waals surface area contributed by atoms with Crippen LogP contribution in [0.15, 0.2) is 60.7 Å². The molecule has 0 N–H and O–H groups in total. The molecule has 0 nitrogen and oxygen atoms in total. The van der Waals surface area contributed by atoms with Crippen LogP contribution in [-0.2, 0) is 0 Å². The third-order valence-electron chi connectivity index (χ3n) is 3.76. The van der Waals surface area contributed by atoms with Crippen LogP contribution in [0.2, 0.25) is 3.63 Å². The zero-order valence-corrected chi connectivity index (χ0v) is 14.1. The first-order valence-electron chi connectivity index (χ1n) is 6.84. The van der Waals surface area contributed by atoms with E-state index in [0.29, 0.717) is 0 Å². The van der Waals surface area contributed by atoms with Gasteiger partial charge < -0.3 is 0 Å². The second-order valence-corrected chi connectivity index (χ2v) is 14.7. The minimum atomic E-state index is -1.75. The second-order valence-electron chi connectivity index (χ2n) is 4.98. The molecule has 3 rings (SSSR count). The summed E-state index contributed by atoms with van der Waals surface area (Å²) in [7, 11) is 0. The molecule has 1 aliphatic carbocycles. The third kappa shape index (κ3) is 2.67. The molecular weight excluding hydrogens is 413 g/mol. The van der Waals surface area contributed by atoms with E-state index in [4.69, 9.17) is 0 Å². The Morgan fingerprint density at radius 3 is 1.56 bits per heavy atom. The van der Waals surface area contributed by atoms with E-state index in [-0.39, 0.29) is 0 Å². The van der Waals surface area contributed by atoms with Gasteiger partial charge in [0.25, 0.3) is 0 Å². The Morgan fingerprint density at radius 2 is 1.11 bits per heavy atom. The zero-order valence-electron chi connectivity index (χ0n) is 10.6. The number of hydrogen-bond acceptors (Lipinski definition) is 0. The van der Waals surface area contributed by atoms with Gasteiger partial charge in [0.15, 0.2) is 0 Å². The molecular formula is C17H19Bi. The fourth-order valence-corrected chi connectivity index (χ4v) is 14.6. The van der Waals surface area contributed by atoms with Crippen molar-refractivity contribution in [1.29, 1.82) is 0 Å². The maximum atomic E-state index is 2.38. The summed E-state index contributed by atoms with van der Waals surface area (Å²) in [4.78, 5) is 0. The number of hydrogen-bond donors (Lipinski definition) is 0. The maximum absolute atomic E-state index is 2.38. The Morgan fingerprint density at radius 1 is 0.667 bits per heavy atom. The van der Waals surface area contributed by atoms with Crippen molar-refractivity contribution in [2.24, 2.45) is 0 Å². The summed E-state index contributed by atoms with van der Waals surface area (Å²) >= 11 is -1.75. The summed E-state index contributed by atoms with van der Waals surface area (Å²) in [5.41, 5.74) is 0. The molecule has 1 fully saturated rings. The predicted octanol–water partition coefficient (Wildman–Crippen LogP) is 3.24. The van der Waals surface area contributed by atoms with Crippen molar-refractivity contribution < 1.29 is 0 Å².